The van der Waals surface area contributed by atoms with E-state index in [4.69, 9.17) is 10.5 Å². The molecule has 0 bridgehead atoms. The molecule has 8 heteroatoms. The molecule has 5 nitrogen and oxygen atoms in total. The molecule has 6 rings (SSSR count). The lowest BCUT2D eigenvalue weighted by Crippen LogP contribution is -2.37. The van der Waals surface area contributed by atoms with Gasteiger partial charge in [-0.1, -0.05) is 72.8 Å². The number of carbonyl (C=O) groups excluding carboxylic acids is 1. The number of nitrogens with two attached hydrogens (primary N) is 1. The maximum Gasteiger partial charge on any atom is 0.241 e. The normalized spacial score (nSPS) is 13.6. The molecule has 2 heterocycles. The van der Waals surface area contributed by atoms with E-state index in [2.05, 4.69) is 70.9 Å². The standard InChI is InChI=1S/C36H37N3O2S.2ClH/c37-33(25-26-8-2-1-3-9-26)36(40)38-29-16-14-28(15-17-29)35-32(31-10-4-5-11-34(31)42-35)24-27-12-18-30(19-13-27)41-23-22-39-20-6-7-21-39;;/h1-5,8-19,33H,6-7,20-25,37H2,(H,38,40);2*1H. The van der Waals surface area contributed by atoms with E-state index in [1.54, 1.807) is 0 Å². The summed E-state index contributed by atoms with van der Waals surface area (Å²) in [4.78, 5) is 16.5. The molecule has 1 saturated heterocycles. The fourth-order valence-corrected chi connectivity index (χ4v) is 6.84. The van der Waals surface area contributed by atoms with Crippen molar-refractivity contribution in [2.45, 2.75) is 31.7 Å². The number of fused-ring (bicyclic) bond motifs is 1. The minimum absolute atomic E-state index is 0. The Morgan fingerprint density at radius 1 is 0.841 bits per heavy atom. The molecular formula is C36H39Cl2N3O2S. The number of hydrogen-bond donors (Lipinski definition) is 2. The Labute approximate surface area is 276 Å². The van der Waals surface area contributed by atoms with Crippen molar-refractivity contribution in [3.63, 3.8) is 0 Å². The van der Waals surface area contributed by atoms with Crippen LogP contribution in [0.4, 0.5) is 5.69 Å². The summed E-state index contributed by atoms with van der Waals surface area (Å²) in [7, 11) is 0. The van der Waals surface area contributed by atoms with Crippen LogP contribution in [-0.4, -0.2) is 43.1 Å². The van der Waals surface area contributed by atoms with Gasteiger partial charge in [-0.2, -0.15) is 0 Å². The van der Waals surface area contributed by atoms with Gasteiger partial charge in [-0.15, -0.1) is 36.2 Å². The predicted octanol–water partition coefficient (Wildman–Crippen LogP) is 7.99. The zero-order valence-corrected chi connectivity index (χ0v) is 27.1. The molecule has 1 amide bonds. The van der Waals surface area contributed by atoms with Gasteiger partial charge < -0.3 is 15.8 Å². The Morgan fingerprint density at radius 3 is 2.25 bits per heavy atom. The van der Waals surface area contributed by atoms with Gasteiger partial charge in [0.1, 0.15) is 12.4 Å². The van der Waals surface area contributed by atoms with Gasteiger partial charge in [-0.3, -0.25) is 9.69 Å². The number of rotatable bonds is 11. The van der Waals surface area contributed by atoms with Crippen LogP contribution in [0.15, 0.2) is 103 Å². The SMILES string of the molecule is Cl.Cl.NC(Cc1ccccc1)C(=O)Nc1ccc(-c2sc3ccccc3c2Cc2ccc(OCCN3CCCC3)cc2)cc1. The van der Waals surface area contributed by atoms with Crippen molar-refractivity contribution < 1.29 is 9.53 Å². The van der Waals surface area contributed by atoms with E-state index < -0.39 is 6.04 Å². The Balaban J connectivity index is 0.00000221. The second-order valence-electron chi connectivity index (χ2n) is 11.0. The van der Waals surface area contributed by atoms with Gasteiger partial charge in [0.2, 0.25) is 5.91 Å². The summed E-state index contributed by atoms with van der Waals surface area (Å²) in [5.41, 5.74) is 11.7. The average Bonchev–Trinajstić information content (AvgIpc) is 3.67. The molecule has 4 aromatic carbocycles. The number of thiophene rings is 1. The van der Waals surface area contributed by atoms with Crippen LogP contribution >= 0.6 is 36.2 Å². The molecule has 1 aliphatic rings. The van der Waals surface area contributed by atoms with E-state index in [-0.39, 0.29) is 30.7 Å². The molecule has 0 radical (unpaired) electrons. The minimum Gasteiger partial charge on any atom is -0.492 e. The molecule has 0 spiro atoms. The van der Waals surface area contributed by atoms with E-state index in [9.17, 15) is 4.79 Å². The Hall–Kier alpha value is -3.39. The first-order valence-corrected chi connectivity index (χ1v) is 15.6. The number of carbonyl (C=O) groups is 1. The molecule has 1 unspecified atom stereocenters. The highest BCUT2D eigenvalue weighted by Crippen LogP contribution is 2.40. The van der Waals surface area contributed by atoms with Crippen molar-refractivity contribution in [3.8, 4) is 16.2 Å². The van der Waals surface area contributed by atoms with Gasteiger partial charge in [-0.25, -0.2) is 0 Å². The smallest absolute Gasteiger partial charge is 0.241 e. The van der Waals surface area contributed by atoms with Gasteiger partial charge in [-0.05, 0) is 96.7 Å². The van der Waals surface area contributed by atoms with E-state index in [1.165, 1.54) is 52.0 Å². The summed E-state index contributed by atoms with van der Waals surface area (Å²) in [6, 6.07) is 34.5. The first-order chi connectivity index (χ1) is 20.6. The Morgan fingerprint density at radius 2 is 1.52 bits per heavy atom. The molecule has 1 fully saturated rings. The molecule has 230 valence electrons. The van der Waals surface area contributed by atoms with Crippen LogP contribution in [0.5, 0.6) is 5.75 Å². The van der Waals surface area contributed by atoms with Crippen molar-refractivity contribution in [2.24, 2.45) is 5.73 Å². The number of halogens is 2. The fourth-order valence-electron chi connectivity index (χ4n) is 5.61. The van der Waals surface area contributed by atoms with Crippen molar-refractivity contribution >= 4 is 57.8 Å². The highest BCUT2D eigenvalue weighted by Gasteiger charge is 2.17. The second kappa shape index (κ2) is 16.1. The maximum atomic E-state index is 12.7. The number of nitrogens with zero attached hydrogens (tertiary/aromatic N) is 1. The van der Waals surface area contributed by atoms with Gasteiger partial charge >= 0.3 is 0 Å². The van der Waals surface area contributed by atoms with Crippen LogP contribution in [0.2, 0.25) is 0 Å². The summed E-state index contributed by atoms with van der Waals surface area (Å²) in [5.74, 6) is 0.743. The van der Waals surface area contributed by atoms with E-state index in [0.29, 0.717) is 6.42 Å². The van der Waals surface area contributed by atoms with Gasteiger partial charge in [0.25, 0.3) is 0 Å². The van der Waals surface area contributed by atoms with Crippen molar-refractivity contribution in [1.82, 2.24) is 4.90 Å². The summed E-state index contributed by atoms with van der Waals surface area (Å²) in [6.07, 6.45) is 3.94. The molecule has 3 N–H and O–H groups in total. The van der Waals surface area contributed by atoms with Crippen LogP contribution in [0.1, 0.15) is 29.5 Å². The first kappa shape index (κ1) is 33.5. The molecule has 5 aromatic rings. The number of hydrogen-bond acceptors (Lipinski definition) is 5. The summed E-state index contributed by atoms with van der Waals surface area (Å²) in [5, 5.41) is 4.27. The number of ether oxygens (including phenoxy) is 1. The zero-order valence-electron chi connectivity index (χ0n) is 24.6. The molecule has 1 aromatic heterocycles. The number of amides is 1. The van der Waals surface area contributed by atoms with Crippen molar-refractivity contribution in [3.05, 3.63) is 120 Å². The first-order valence-electron chi connectivity index (χ1n) is 14.8. The van der Waals surface area contributed by atoms with Gasteiger partial charge in [0, 0.05) is 21.8 Å². The number of anilines is 1. The predicted molar refractivity (Wildman–Crippen MR) is 189 cm³/mol. The fraction of sp³-hybridized carbons (Fsp3) is 0.250. The third-order valence-corrected chi connectivity index (χ3v) is 9.19. The maximum absolute atomic E-state index is 12.7. The zero-order chi connectivity index (χ0) is 28.7. The Bertz CT molecular complexity index is 1620. The molecule has 1 aliphatic heterocycles. The summed E-state index contributed by atoms with van der Waals surface area (Å²) >= 11 is 1.81. The summed E-state index contributed by atoms with van der Waals surface area (Å²) < 4.78 is 7.30. The molecule has 0 aliphatic carbocycles. The third-order valence-electron chi connectivity index (χ3n) is 7.93. The lowest BCUT2D eigenvalue weighted by molar-refractivity contribution is -0.117. The van der Waals surface area contributed by atoms with Crippen LogP contribution in [0, 0.1) is 0 Å². The monoisotopic (exact) mass is 647 g/mol. The van der Waals surface area contributed by atoms with Crippen LogP contribution in [0.25, 0.3) is 20.5 Å². The second-order valence-corrected chi connectivity index (χ2v) is 12.0. The lowest BCUT2D eigenvalue weighted by Gasteiger charge is -2.15. The molecule has 1 atom stereocenters. The van der Waals surface area contributed by atoms with Crippen molar-refractivity contribution in [1.29, 1.82) is 0 Å². The number of benzene rings is 4. The molecular weight excluding hydrogens is 609 g/mol. The summed E-state index contributed by atoms with van der Waals surface area (Å²) in [6.45, 7) is 4.11. The Kier molecular flexibility index (Phi) is 12.2. The number of likely N-dealkylation sites (tertiary alicyclic amines) is 1. The van der Waals surface area contributed by atoms with Crippen molar-refractivity contribution in [2.75, 3.05) is 31.6 Å². The molecule has 0 saturated carbocycles. The topological polar surface area (TPSA) is 67.6 Å². The third kappa shape index (κ3) is 8.40. The average molecular weight is 649 g/mol. The quantitative estimate of drug-likeness (QED) is 0.152. The van der Waals surface area contributed by atoms with Gasteiger partial charge in [0.15, 0.2) is 0 Å². The number of nitrogens with one attached hydrogen (secondary N) is 1. The van der Waals surface area contributed by atoms with Crippen LogP contribution < -0.4 is 15.8 Å². The van der Waals surface area contributed by atoms with E-state index >= 15 is 0 Å². The largest absolute Gasteiger partial charge is 0.492 e. The van der Waals surface area contributed by atoms with Crippen LogP contribution in [0.3, 0.4) is 0 Å². The molecule has 44 heavy (non-hydrogen) atoms. The van der Waals surface area contributed by atoms with Crippen LogP contribution in [-0.2, 0) is 17.6 Å². The minimum atomic E-state index is -0.608. The lowest BCUT2D eigenvalue weighted by atomic mass is 9.99. The highest BCUT2D eigenvalue weighted by molar-refractivity contribution is 7.22. The highest BCUT2D eigenvalue weighted by atomic mass is 35.5. The van der Waals surface area contributed by atoms with Gasteiger partial charge in [0.05, 0.1) is 6.04 Å². The van der Waals surface area contributed by atoms with E-state index in [1.807, 2.05) is 53.8 Å². The van der Waals surface area contributed by atoms with E-state index in [0.717, 1.165) is 42.1 Å².